The van der Waals surface area contributed by atoms with Gasteiger partial charge in [0.05, 0.1) is 5.56 Å². The summed E-state index contributed by atoms with van der Waals surface area (Å²) in [4.78, 5) is 28.8. The summed E-state index contributed by atoms with van der Waals surface area (Å²) >= 11 is 0. The third-order valence-electron chi connectivity index (χ3n) is 2.81. The SMILES string of the molecule is COCCCN(CCNC(=O)c1cccnc1)C(C)=O. The maximum absolute atomic E-state index is 11.8. The van der Waals surface area contributed by atoms with Crippen molar-refractivity contribution in [3.63, 3.8) is 0 Å². The number of amides is 2. The van der Waals surface area contributed by atoms with E-state index >= 15 is 0 Å². The van der Waals surface area contributed by atoms with E-state index in [9.17, 15) is 9.59 Å². The van der Waals surface area contributed by atoms with E-state index in [-0.39, 0.29) is 11.8 Å². The van der Waals surface area contributed by atoms with Crippen LogP contribution < -0.4 is 5.32 Å². The zero-order valence-corrected chi connectivity index (χ0v) is 12.0. The third kappa shape index (κ3) is 5.79. The van der Waals surface area contributed by atoms with Crippen LogP contribution >= 0.6 is 0 Å². The summed E-state index contributed by atoms with van der Waals surface area (Å²) in [5.41, 5.74) is 0.515. The molecule has 110 valence electrons. The molecule has 0 aliphatic carbocycles. The first-order valence-corrected chi connectivity index (χ1v) is 6.58. The minimum absolute atomic E-state index is 0.00303. The van der Waals surface area contributed by atoms with Gasteiger partial charge in [-0.2, -0.15) is 0 Å². The van der Waals surface area contributed by atoms with E-state index < -0.39 is 0 Å². The van der Waals surface area contributed by atoms with Gasteiger partial charge in [0.2, 0.25) is 5.91 Å². The number of hydrogen-bond acceptors (Lipinski definition) is 4. The molecular weight excluding hydrogens is 258 g/mol. The van der Waals surface area contributed by atoms with Crippen molar-refractivity contribution in [2.75, 3.05) is 33.4 Å². The lowest BCUT2D eigenvalue weighted by atomic mass is 10.2. The Balaban J connectivity index is 2.33. The Morgan fingerprint density at radius 3 is 2.80 bits per heavy atom. The van der Waals surface area contributed by atoms with Crippen molar-refractivity contribution in [1.29, 1.82) is 0 Å². The molecule has 0 aliphatic heterocycles. The van der Waals surface area contributed by atoms with Crippen molar-refractivity contribution < 1.29 is 14.3 Å². The van der Waals surface area contributed by atoms with Gasteiger partial charge in [-0.3, -0.25) is 14.6 Å². The lowest BCUT2D eigenvalue weighted by Crippen LogP contribution is -2.38. The average Bonchev–Trinajstić information content (AvgIpc) is 2.46. The molecule has 1 rings (SSSR count). The Kier molecular flexibility index (Phi) is 7.27. The highest BCUT2D eigenvalue weighted by atomic mass is 16.5. The van der Waals surface area contributed by atoms with Gasteiger partial charge in [0, 0.05) is 52.7 Å². The van der Waals surface area contributed by atoms with Crippen LogP contribution in [0.5, 0.6) is 0 Å². The summed E-state index contributed by atoms with van der Waals surface area (Å²) < 4.78 is 4.96. The summed E-state index contributed by atoms with van der Waals surface area (Å²) in [7, 11) is 1.63. The Bertz CT molecular complexity index is 423. The third-order valence-corrected chi connectivity index (χ3v) is 2.81. The minimum Gasteiger partial charge on any atom is -0.385 e. The molecule has 1 aromatic rings. The molecule has 0 saturated heterocycles. The van der Waals surface area contributed by atoms with Gasteiger partial charge in [0.15, 0.2) is 0 Å². The van der Waals surface area contributed by atoms with E-state index in [2.05, 4.69) is 10.3 Å². The number of aromatic nitrogens is 1. The molecule has 0 bridgehead atoms. The lowest BCUT2D eigenvalue weighted by molar-refractivity contribution is -0.129. The van der Waals surface area contributed by atoms with Crippen LogP contribution in [0.15, 0.2) is 24.5 Å². The molecule has 0 aliphatic rings. The molecule has 2 amide bonds. The summed E-state index contributed by atoms with van der Waals surface area (Å²) in [5.74, 6) is -0.185. The Morgan fingerprint density at radius 1 is 1.40 bits per heavy atom. The first-order chi connectivity index (χ1) is 9.65. The highest BCUT2D eigenvalue weighted by Crippen LogP contribution is 1.96. The zero-order chi connectivity index (χ0) is 14.8. The quantitative estimate of drug-likeness (QED) is 0.711. The first kappa shape index (κ1) is 16.1. The molecule has 0 fully saturated rings. The van der Waals surface area contributed by atoms with E-state index in [0.29, 0.717) is 31.8 Å². The summed E-state index contributed by atoms with van der Waals surface area (Å²) in [6.07, 6.45) is 3.91. The second-order valence-electron chi connectivity index (χ2n) is 4.35. The molecule has 0 spiro atoms. The van der Waals surface area contributed by atoms with E-state index in [0.717, 1.165) is 6.42 Å². The van der Waals surface area contributed by atoms with Gasteiger partial charge in [-0.15, -0.1) is 0 Å². The fraction of sp³-hybridized carbons (Fsp3) is 0.500. The average molecular weight is 279 g/mol. The maximum atomic E-state index is 11.8. The zero-order valence-electron chi connectivity index (χ0n) is 12.0. The van der Waals surface area contributed by atoms with Gasteiger partial charge in [0.25, 0.3) is 5.91 Å². The summed E-state index contributed by atoms with van der Waals surface area (Å²) in [6.45, 7) is 3.68. The highest BCUT2D eigenvalue weighted by Gasteiger charge is 2.09. The van der Waals surface area contributed by atoms with Gasteiger partial charge < -0.3 is 15.0 Å². The van der Waals surface area contributed by atoms with Crippen molar-refractivity contribution in [2.24, 2.45) is 0 Å². The standard InChI is InChI=1S/C14H21N3O3/c1-12(18)17(8-4-10-20-2)9-7-16-14(19)13-5-3-6-15-11-13/h3,5-6,11H,4,7-10H2,1-2H3,(H,16,19). The maximum Gasteiger partial charge on any atom is 0.252 e. The number of ether oxygens (including phenoxy) is 1. The second kappa shape index (κ2) is 9.03. The first-order valence-electron chi connectivity index (χ1n) is 6.58. The molecule has 0 atom stereocenters. The fourth-order valence-electron chi connectivity index (χ4n) is 1.73. The smallest absolute Gasteiger partial charge is 0.252 e. The van der Waals surface area contributed by atoms with Crippen molar-refractivity contribution in [2.45, 2.75) is 13.3 Å². The number of pyridine rings is 1. The van der Waals surface area contributed by atoms with E-state index in [1.54, 1.807) is 30.3 Å². The predicted octanol–water partition coefficient (Wildman–Crippen LogP) is 0.696. The number of hydrogen-bond donors (Lipinski definition) is 1. The minimum atomic E-state index is -0.182. The molecule has 0 saturated carbocycles. The van der Waals surface area contributed by atoms with Gasteiger partial charge in [-0.05, 0) is 18.6 Å². The van der Waals surface area contributed by atoms with Crippen molar-refractivity contribution in [1.82, 2.24) is 15.2 Å². The molecule has 1 N–H and O–H groups in total. The predicted molar refractivity (Wildman–Crippen MR) is 75.3 cm³/mol. The van der Waals surface area contributed by atoms with E-state index in [1.165, 1.54) is 13.1 Å². The van der Waals surface area contributed by atoms with E-state index in [1.807, 2.05) is 0 Å². The van der Waals surface area contributed by atoms with Crippen LogP contribution in [0.1, 0.15) is 23.7 Å². The number of nitrogens with one attached hydrogen (secondary N) is 1. The number of methoxy groups -OCH3 is 1. The highest BCUT2D eigenvalue weighted by molar-refractivity contribution is 5.93. The number of carbonyl (C=O) groups excluding carboxylic acids is 2. The van der Waals surface area contributed by atoms with E-state index in [4.69, 9.17) is 4.74 Å². The molecule has 0 radical (unpaired) electrons. The monoisotopic (exact) mass is 279 g/mol. The Labute approximate surface area is 119 Å². The van der Waals surface area contributed by atoms with Crippen molar-refractivity contribution in [3.05, 3.63) is 30.1 Å². The number of nitrogens with zero attached hydrogens (tertiary/aromatic N) is 2. The van der Waals surface area contributed by atoms with Crippen LogP contribution in [0.4, 0.5) is 0 Å². The molecule has 1 aromatic heterocycles. The molecule has 6 nitrogen and oxygen atoms in total. The van der Waals surface area contributed by atoms with Gasteiger partial charge in [-0.1, -0.05) is 0 Å². The number of carbonyl (C=O) groups is 2. The largest absolute Gasteiger partial charge is 0.385 e. The summed E-state index contributed by atoms with van der Waals surface area (Å²) in [6, 6.07) is 3.41. The molecule has 6 heteroatoms. The van der Waals surface area contributed by atoms with Crippen LogP contribution in [0.2, 0.25) is 0 Å². The van der Waals surface area contributed by atoms with Crippen LogP contribution in [0.25, 0.3) is 0 Å². The van der Waals surface area contributed by atoms with Crippen LogP contribution in [-0.2, 0) is 9.53 Å². The normalized spacial score (nSPS) is 10.1. The van der Waals surface area contributed by atoms with Crippen molar-refractivity contribution >= 4 is 11.8 Å². The Morgan fingerprint density at radius 2 is 2.20 bits per heavy atom. The van der Waals surface area contributed by atoms with Gasteiger partial charge in [0.1, 0.15) is 0 Å². The lowest BCUT2D eigenvalue weighted by Gasteiger charge is -2.21. The molecule has 0 aromatic carbocycles. The summed E-state index contributed by atoms with van der Waals surface area (Å²) in [5, 5.41) is 2.77. The van der Waals surface area contributed by atoms with Crippen LogP contribution in [0.3, 0.4) is 0 Å². The topological polar surface area (TPSA) is 71.5 Å². The fourth-order valence-corrected chi connectivity index (χ4v) is 1.73. The molecule has 20 heavy (non-hydrogen) atoms. The molecule has 1 heterocycles. The number of rotatable bonds is 8. The molecular formula is C14H21N3O3. The van der Waals surface area contributed by atoms with Crippen LogP contribution in [-0.4, -0.2) is 55.0 Å². The van der Waals surface area contributed by atoms with Crippen molar-refractivity contribution in [3.8, 4) is 0 Å². The van der Waals surface area contributed by atoms with Crippen LogP contribution in [0, 0.1) is 0 Å². The Hall–Kier alpha value is -1.95. The van der Waals surface area contributed by atoms with Gasteiger partial charge >= 0.3 is 0 Å². The molecule has 0 unspecified atom stereocenters. The van der Waals surface area contributed by atoms with Gasteiger partial charge in [-0.25, -0.2) is 0 Å². The second-order valence-corrected chi connectivity index (χ2v) is 4.35.